The first-order chi connectivity index (χ1) is 17.3. The quantitative estimate of drug-likeness (QED) is 0.290. The van der Waals surface area contributed by atoms with Crippen LogP contribution in [0.2, 0.25) is 0 Å². The van der Waals surface area contributed by atoms with Crippen LogP contribution >= 0.6 is 0 Å². The van der Waals surface area contributed by atoms with E-state index in [-0.39, 0.29) is 0 Å². The molecule has 35 heavy (non-hydrogen) atoms. The zero-order chi connectivity index (χ0) is 23.5. The maximum Gasteiger partial charge on any atom is 0.163 e. The van der Waals surface area contributed by atoms with E-state index in [1.807, 2.05) is 18.2 Å². The topological polar surface area (TPSA) is 30.5 Å². The Kier molecular flexibility index (Phi) is 5.65. The largest absolute Gasteiger partial charge is 0.486 e. The van der Waals surface area contributed by atoms with Crippen LogP contribution in [0, 0.1) is 0 Å². The van der Waals surface area contributed by atoms with E-state index in [2.05, 4.69) is 108 Å². The molecular formula is C32H25NO2. The van der Waals surface area contributed by atoms with Gasteiger partial charge in [0.1, 0.15) is 13.2 Å². The summed E-state index contributed by atoms with van der Waals surface area (Å²) in [5.41, 5.74) is 9.13. The molecule has 0 saturated carbocycles. The van der Waals surface area contributed by atoms with E-state index in [1.54, 1.807) is 0 Å². The number of hydrogen-bond acceptors (Lipinski definition) is 3. The van der Waals surface area contributed by atoms with Crippen LogP contribution in [-0.2, 0) is 0 Å². The van der Waals surface area contributed by atoms with E-state index in [9.17, 15) is 0 Å². The molecule has 1 heterocycles. The summed E-state index contributed by atoms with van der Waals surface area (Å²) in [6.45, 7) is 1.17. The van der Waals surface area contributed by atoms with Crippen LogP contribution in [0.15, 0.2) is 121 Å². The molecular weight excluding hydrogens is 430 g/mol. The van der Waals surface area contributed by atoms with E-state index in [1.165, 1.54) is 27.8 Å². The van der Waals surface area contributed by atoms with Gasteiger partial charge < -0.3 is 14.8 Å². The van der Waals surface area contributed by atoms with Crippen molar-refractivity contribution < 1.29 is 9.47 Å². The molecule has 0 aliphatic carbocycles. The predicted molar refractivity (Wildman–Crippen MR) is 143 cm³/mol. The zero-order valence-electron chi connectivity index (χ0n) is 19.3. The standard InChI is InChI=1S/C32H25NO2/c1-3-8-23(9-4-1)26-18-27(24-10-5-2-6-11-24)20-28(19-26)25-12-7-13-29(21-25)33-30-14-15-31-32(22-30)35-17-16-34-31/h1-15,18-22,33H,16-17H2. The van der Waals surface area contributed by atoms with Crippen molar-refractivity contribution in [3.63, 3.8) is 0 Å². The van der Waals surface area contributed by atoms with Gasteiger partial charge in [-0.05, 0) is 75.8 Å². The molecule has 3 nitrogen and oxygen atoms in total. The summed E-state index contributed by atoms with van der Waals surface area (Å²) < 4.78 is 11.4. The van der Waals surface area contributed by atoms with Gasteiger partial charge in [-0.3, -0.25) is 0 Å². The molecule has 3 heteroatoms. The molecule has 170 valence electrons. The molecule has 0 spiro atoms. The number of anilines is 2. The lowest BCUT2D eigenvalue weighted by Gasteiger charge is -2.19. The van der Waals surface area contributed by atoms with Gasteiger partial charge in [-0.1, -0.05) is 72.8 Å². The summed E-state index contributed by atoms with van der Waals surface area (Å²) in [7, 11) is 0. The summed E-state index contributed by atoms with van der Waals surface area (Å²) in [6.07, 6.45) is 0. The van der Waals surface area contributed by atoms with Crippen molar-refractivity contribution in [3.8, 4) is 44.9 Å². The average molecular weight is 456 g/mol. The molecule has 1 aliphatic heterocycles. The Balaban J connectivity index is 1.38. The third-order valence-electron chi connectivity index (χ3n) is 6.17. The molecule has 5 aromatic carbocycles. The van der Waals surface area contributed by atoms with E-state index in [0.29, 0.717) is 13.2 Å². The molecule has 0 bridgehead atoms. The van der Waals surface area contributed by atoms with Crippen LogP contribution in [0.1, 0.15) is 0 Å². The molecule has 0 amide bonds. The molecule has 0 fully saturated rings. The van der Waals surface area contributed by atoms with Gasteiger partial charge in [-0.25, -0.2) is 0 Å². The maximum atomic E-state index is 5.74. The van der Waals surface area contributed by atoms with Crippen molar-refractivity contribution in [3.05, 3.63) is 121 Å². The summed E-state index contributed by atoms with van der Waals surface area (Å²) in [6, 6.07) is 42.4. The molecule has 0 saturated heterocycles. The van der Waals surface area contributed by atoms with Gasteiger partial charge in [-0.15, -0.1) is 0 Å². The highest BCUT2D eigenvalue weighted by molar-refractivity contribution is 5.82. The third kappa shape index (κ3) is 4.62. The number of ether oxygens (including phenoxy) is 2. The van der Waals surface area contributed by atoms with E-state index < -0.39 is 0 Å². The number of rotatable bonds is 5. The number of nitrogens with one attached hydrogen (secondary N) is 1. The number of fused-ring (bicyclic) bond motifs is 1. The van der Waals surface area contributed by atoms with Crippen LogP contribution in [0.3, 0.4) is 0 Å². The second-order valence-corrected chi connectivity index (χ2v) is 8.60. The Bertz CT molecular complexity index is 1400. The molecule has 1 N–H and O–H groups in total. The van der Waals surface area contributed by atoms with Crippen LogP contribution in [0.4, 0.5) is 11.4 Å². The minimum atomic E-state index is 0.577. The fourth-order valence-electron chi connectivity index (χ4n) is 4.45. The van der Waals surface area contributed by atoms with Gasteiger partial charge in [0.25, 0.3) is 0 Å². The highest BCUT2D eigenvalue weighted by Gasteiger charge is 2.12. The van der Waals surface area contributed by atoms with Crippen LogP contribution in [-0.4, -0.2) is 13.2 Å². The van der Waals surface area contributed by atoms with Gasteiger partial charge in [0.05, 0.1) is 0 Å². The van der Waals surface area contributed by atoms with Crippen molar-refractivity contribution in [2.45, 2.75) is 0 Å². The minimum absolute atomic E-state index is 0.577. The van der Waals surface area contributed by atoms with Crippen molar-refractivity contribution >= 4 is 11.4 Å². The Hall–Kier alpha value is -4.50. The Morgan fingerprint density at radius 3 is 1.60 bits per heavy atom. The van der Waals surface area contributed by atoms with Crippen molar-refractivity contribution in [2.24, 2.45) is 0 Å². The summed E-state index contributed by atoms with van der Waals surface area (Å²) >= 11 is 0. The highest BCUT2D eigenvalue weighted by atomic mass is 16.6. The Morgan fingerprint density at radius 2 is 0.943 bits per heavy atom. The van der Waals surface area contributed by atoms with Crippen molar-refractivity contribution in [1.82, 2.24) is 0 Å². The minimum Gasteiger partial charge on any atom is -0.486 e. The zero-order valence-corrected chi connectivity index (χ0v) is 19.3. The smallest absolute Gasteiger partial charge is 0.163 e. The first kappa shape index (κ1) is 21.1. The molecule has 0 unspecified atom stereocenters. The monoisotopic (exact) mass is 455 g/mol. The number of hydrogen-bond donors (Lipinski definition) is 1. The van der Waals surface area contributed by atoms with E-state index in [4.69, 9.17) is 9.47 Å². The fourth-order valence-corrected chi connectivity index (χ4v) is 4.45. The second kappa shape index (κ2) is 9.40. The lowest BCUT2D eigenvalue weighted by Crippen LogP contribution is -2.15. The summed E-state index contributed by atoms with van der Waals surface area (Å²) in [5.74, 6) is 1.57. The Morgan fingerprint density at radius 1 is 0.400 bits per heavy atom. The van der Waals surface area contributed by atoms with Gasteiger partial charge in [0, 0.05) is 17.4 Å². The number of benzene rings is 5. The van der Waals surface area contributed by atoms with Gasteiger partial charge >= 0.3 is 0 Å². The van der Waals surface area contributed by atoms with Crippen LogP contribution in [0.25, 0.3) is 33.4 Å². The van der Waals surface area contributed by atoms with Gasteiger partial charge in [-0.2, -0.15) is 0 Å². The normalized spacial score (nSPS) is 12.2. The van der Waals surface area contributed by atoms with Crippen molar-refractivity contribution in [1.29, 1.82) is 0 Å². The van der Waals surface area contributed by atoms with Crippen molar-refractivity contribution in [2.75, 3.05) is 18.5 Å². The SMILES string of the molecule is c1ccc(-c2cc(-c3ccccc3)cc(-c3cccc(Nc4ccc5c(c4)OCCO5)c3)c2)cc1. The average Bonchev–Trinajstić information content (AvgIpc) is 2.94. The molecule has 0 aromatic heterocycles. The molecule has 1 aliphatic rings. The molecule has 0 atom stereocenters. The lowest BCUT2D eigenvalue weighted by molar-refractivity contribution is 0.171. The summed E-state index contributed by atoms with van der Waals surface area (Å²) in [4.78, 5) is 0. The molecule has 5 aromatic rings. The lowest BCUT2D eigenvalue weighted by atomic mass is 9.93. The Labute approximate surface area is 205 Å². The van der Waals surface area contributed by atoms with E-state index >= 15 is 0 Å². The highest BCUT2D eigenvalue weighted by Crippen LogP contribution is 2.36. The predicted octanol–water partition coefficient (Wildman–Crippen LogP) is 8.20. The second-order valence-electron chi connectivity index (χ2n) is 8.60. The van der Waals surface area contributed by atoms with Crippen LogP contribution < -0.4 is 14.8 Å². The van der Waals surface area contributed by atoms with E-state index in [0.717, 1.165) is 28.4 Å². The molecule has 6 rings (SSSR count). The maximum absolute atomic E-state index is 5.74. The molecule has 0 radical (unpaired) electrons. The fraction of sp³-hybridized carbons (Fsp3) is 0.0625. The van der Waals surface area contributed by atoms with Gasteiger partial charge in [0.15, 0.2) is 11.5 Å². The summed E-state index contributed by atoms with van der Waals surface area (Å²) in [5, 5.41) is 3.52. The first-order valence-electron chi connectivity index (χ1n) is 11.8. The van der Waals surface area contributed by atoms with Crippen LogP contribution in [0.5, 0.6) is 11.5 Å². The third-order valence-corrected chi connectivity index (χ3v) is 6.17. The first-order valence-corrected chi connectivity index (χ1v) is 11.8. The van der Waals surface area contributed by atoms with Gasteiger partial charge in [0.2, 0.25) is 0 Å².